The van der Waals surface area contributed by atoms with E-state index in [4.69, 9.17) is 0 Å². The zero-order valence-corrected chi connectivity index (χ0v) is 36.3. The summed E-state index contributed by atoms with van der Waals surface area (Å²) in [6.45, 7) is 23.3. The summed E-state index contributed by atoms with van der Waals surface area (Å²) < 4.78 is -0.216. The molecule has 0 aliphatic heterocycles. The molecule has 4 rings (SSSR count). The van der Waals surface area contributed by atoms with Crippen molar-refractivity contribution in [2.75, 3.05) is 57.0 Å². The molecule has 0 spiro atoms. The molecule has 0 radical (unpaired) electrons. The quantitative estimate of drug-likeness (QED) is 0.208. The van der Waals surface area contributed by atoms with Gasteiger partial charge in [0.1, 0.15) is 0 Å². The molecule has 3 nitrogen and oxygen atoms in total. The normalized spacial score (nSPS) is 14.0. The van der Waals surface area contributed by atoms with Crippen molar-refractivity contribution in [1.29, 1.82) is 0 Å². The van der Waals surface area contributed by atoms with Crippen molar-refractivity contribution in [2.24, 2.45) is 0 Å². The summed E-state index contributed by atoms with van der Waals surface area (Å²) in [6, 6.07) is 14.7. The zero-order chi connectivity index (χ0) is 33.2. The van der Waals surface area contributed by atoms with Crippen LogP contribution in [0.3, 0.4) is 0 Å². The van der Waals surface area contributed by atoms with Crippen molar-refractivity contribution < 1.29 is 57.7 Å². The molecule has 3 aromatic carbocycles. The van der Waals surface area contributed by atoms with E-state index in [0.717, 1.165) is 0 Å². The minimum Gasteiger partial charge on any atom is -1.00 e. The monoisotopic (exact) mass is 745 g/mol. The number of aryl methyl sites for hydroxylation is 3. The first-order valence-corrected chi connectivity index (χ1v) is 18.6. The summed E-state index contributed by atoms with van der Waals surface area (Å²) in [6.07, 6.45) is 0. The fraction of sp³-hybridized carbons (Fsp3) is 0.436. The number of hydrogen-bond acceptors (Lipinski definition) is 3. The Bertz CT molecular complexity index is 1550. The number of halogens is 3. The van der Waals surface area contributed by atoms with Crippen LogP contribution in [-0.4, -0.2) is 50.4 Å². The van der Waals surface area contributed by atoms with Gasteiger partial charge in [0, 0.05) is 0 Å². The molecular weight excluding hydrogens is 693 g/mol. The largest absolute Gasteiger partial charge is 1.00 e. The zero-order valence-electron chi connectivity index (χ0n) is 31.4. The average molecular weight is 747 g/mol. The van der Waals surface area contributed by atoms with Gasteiger partial charge in [0.25, 0.3) is 0 Å². The maximum absolute atomic E-state index is 3.05. The Hall–Kier alpha value is -1.66. The number of anilines is 3. The molecule has 0 fully saturated rings. The summed E-state index contributed by atoms with van der Waals surface area (Å²) in [5, 5.41) is 4.48. The molecule has 47 heavy (non-hydrogen) atoms. The third-order valence-electron chi connectivity index (χ3n) is 11.0. The number of allylic oxidation sites excluding steroid dienone is 4. The molecule has 0 heterocycles. The topological polar surface area (TPSA) is 9.72 Å². The van der Waals surface area contributed by atoms with Gasteiger partial charge in [-0.05, 0) is 0 Å². The van der Waals surface area contributed by atoms with Crippen molar-refractivity contribution in [2.45, 2.75) is 72.6 Å². The van der Waals surface area contributed by atoms with Crippen LogP contribution in [0.15, 0.2) is 58.7 Å². The Morgan fingerprint density at radius 3 is 0.894 bits per heavy atom. The van der Waals surface area contributed by atoms with Gasteiger partial charge in [-0.2, -0.15) is 0 Å². The summed E-state index contributed by atoms with van der Waals surface area (Å²) in [7, 11) is 10.4. The van der Waals surface area contributed by atoms with Crippen molar-refractivity contribution in [1.82, 2.24) is 0 Å². The van der Waals surface area contributed by atoms with E-state index in [1.807, 2.05) is 0 Å². The van der Waals surface area contributed by atoms with Crippen LogP contribution in [0, 0.1) is 41.5 Å². The predicted molar refractivity (Wildman–Crippen MR) is 195 cm³/mol. The predicted octanol–water partition coefficient (Wildman–Crippen LogP) is -1.85. The van der Waals surface area contributed by atoms with Crippen molar-refractivity contribution >= 4 is 40.7 Å². The molecule has 8 heteroatoms. The van der Waals surface area contributed by atoms with Crippen LogP contribution in [0.4, 0.5) is 17.1 Å². The standard InChI is InChI=1S/C39H54N3Si.3ClH.Ti/c1-23-17-20-33(36(26(23)4)40(11)12)43(39-31(9)29(7)30(8)32(39)10,34-21-18-24(2)27(5)37(34)41(13)14)35-22-19-25(3)28(6)38(35)42(15)16;;;;/h17-22H,1-16H3;3*1H;/q;;;;+3/p-3. The van der Waals surface area contributed by atoms with Crippen LogP contribution in [-0.2, 0) is 20.4 Å². The molecule has 0 atom stereocenters. The van der Waals surface area contributed by atoms with E-state index in [1.165, 1.54) is 88.3 Å². The van der Waals surface area contributed by atoms with Crippen LogP contribution in [0.5, 0.6) is 0 Å². The molecule has 0 N–H and O–H groups in total. The van der Waals surface area contributed by atoms with Crippen LogP contribution in [0.1, 0.15) is 61.1 Å². The Morgan fingerprint density at radius 2 is 0.681 bits per heavy atom. The minimum absolute atomic E-state index is 0. The molecule has 0 aromatic heterocycles. The fourth-order valence-electron chi connectivity index (χ4n) is 8.05. The van der Waals surface area contributed by atoms with E-state index in [2.05, 4.69) is 183 Å². The van der Waals surface area contributed by atoms with Crippen LogP contribution >= 0.6 is 0 Å². The summed E-state index contributed by atoms with van der Waals surface area (Å²) in [5.74, 6) is 0. The van der Waals surface area contributed by atoms with E-state index in [-0.39, 0.29) is 40.6 Å². The Balaban J connectivity index is 0.00000368. The van der Waals surface area contributed by atoms with Crippen LogP contribution in [0.25, 0.3) is 0 Å². The number of hydrogen-bond donors (Lipinski definition) is 0. The molecular formula is C39H54Cl3N3SiTi. The summed E-state index contributed by atoms with van der Waals surface area (Å²) in [5.41, 5.74) is 18.1. The molecule has 1 aliphatic carbocycles. The Kier molecular flexibility index (Phi) is 14.3. The van der Waals surface area contributed by atoms with Gasteiger partial charge in [0.15, 0.2) is 0 Å². The second-order valence-corrected chi connectivity index (χ2v) is 19.7. The van der Waals surface area contributed by atoms with E-state index >= 15 is 0 Å². The molecule has 1 aliphatic rings. The number of benzene rings is 3. The van der Waals surface area contributed by atoms with Crippen LogP contribution in [0.2, 0.25) is 3.34 Å². The molecule has 0 unspecified atom stereocenters. The number of nitrogens with zero attached hydrogens (tertiary/aromatic N) is 3. The van der Waals surface area contributed by atoms with E-state index < -0.39 is 8.07 Å². The maximum Gasteiger partial charge on any atom is -1.00 e. The van der Waals surface area contributed by atoms with Gasteiger partial charge in [-0.25, -0.2) is 0 Å². The first-order valence-electron chi connectivity index (χ1n) is 15.8. The van der Waals surface area contributed by atoms with Gasteiger partial charge >= 0.3 is 283 Å². The van der Waals surface area contributed by atoms with E-state index in [0.29, 0.717) is 0 Å². The summed E-state index contributed by atoms with van der Waals surface area (Å²) >= 11 is 2.60. The smallest absolute Gasteiger partial charge is 1.00 e. The van der Waals surface area contributed by atoms with Crippen LogP contribution < -0.4 is 67.5 Å². The first-order chi connectivity index (χ1) is 20.4. The van der Waals surface area contributed by atoms with Gasteiger partial charge in [-0.3, -0.25) is 0 Å². The van der Waals surface area contributed by atoms with Gasteiger partial charge in [-0.15, -0.1) is 0 Å². The SMILES string of the molecule is CC1=C(C)[C]([Ti+3])([Si](c2ccc(C)c(C)c2N(C)C)(c2ccc(C)c(C)c2N(C)C)c2ccc(C)c(C)c2N(C)C)C(C)=C1C.[Cl-].[Cl-].[Cl-]. The average Bonchev–Trinajstić information content (AvgIpc) is 3.09. The number of rotatable bonds is 7. The van der Waals surface area contributed by atoms with Gasteiger partial charge in [0.05, 0.1) is 0 Å². The third kappa shape index (κ3) is 6.30. The summed E-state index contributed by atoms with van der Waals surface area (Å²) in [4.78, 5) is 7.17. The first kappa shape index (κ1) is 43.4. The molecule has 3 aromatic rings. The van der Waals surface area contributed by atoms with Gasteiger partial charge < -0.3 is 37.2 Å². The van der Waals surface area contributed by atoms with Crippen molar-refractivity contribution in [3.63, 3.8) is 0 Å². The third-order valence-corrected chi connectivity index (χ3v) is 19.5. The van der Waals surface area contributed by atoms with E-state index in [1.54, 1.807) is 0 Å². The molecule has 0 amide bonds. The second kappa shape index (κ2) is 15.5. The Labute approximate surface area is 317 Å². The second-order valence-electron chi connectivity index (χ2n) is 13.9. The Morgan fingerprint density at radius 1 is 0.447 bits per heavy atom. The molecule has 0 saturated carbocycles. The van der Waals surface area contributed by atoms with Crippen molar-refractivity contribution in [3.8, 4) is 0 Å². The van der Waals surface area contributed by atoms with Gasteiger partial charge in [-0.1, -0.05) is 0 Å². The molecule has 0 saturated heterocycles. The maximum atomic E-state index is 2.60. The van der Waals surface area contributed by atoms with Gasteiger partial charge in [0.2, 0.25) is 0 Å². The fourth-order valence-corrected chi connectivity index (χ4v) is 17.4. The van der Waals surface area contributed by atoms with Crippen molar-refractivity contribution in [3.05, 3.63) is 92.1 Å². The minimum atomic E-state index is -3.05. The molecule has 0 bridgehead atoms. The molecule has 254 valence electrons. The van der Waals surface area contributed by atoms with E-state index in [9.17, 15) is 0 Å².